The fourth-order valence-corrected chi connectivity index (χ4v) is 5.74. The first-order valence-electron chi connectivity index (χ1n) is 9.24. The average molecular weight is 425 g/mol. The summed E-state index contributed by atoms with van der Waals surface area (Å²) in [5, 5.41) is 4.76. The number of nitrogens with zero attached hydrogens (tertiary/aromatic N) is 1. The van der Waals surface area contributed by atoms with E-state index in [1.165, 1.54) is 21.8 Å². The molecule has 0 unspecified atom stereocenters. The summed E-state index contributed by atoms with van der Waals surface area (Å²) < 4.78 is 27.8. The number of anilines is 1. The number of allylic oxidation sites excluding steroid dienone is 1. The van der Waals surface area contributed by atoms with Crippen molar-refractivity contribution in [1.82, 2.24) is 5.32 Å². The molecule has 0 bridgehead atoms. The molecule has 0 spiro atoms. The van der Waals surface area contributed by atoms with Crippen LogP contribution in [0.15, 0.2) is 83.2 Å². The van der Waals surface area contributed by atoms with Crippen LogP contribution in [0, 0.1) is 0 Å². The predicted molar refractivity (Wildman–Crippen MR) is 116 cm³/mol. The highest BCUT2D eigenvalue weighted by molar-refractivity contribution is 7.97. The Kier molecular flexibility index (Phi) is 5.51. The van der Waals surface area contributed by atoms with Crippen molar-refractivity contribution in [3.05, 3.63) is 99.2 Å². The van der Waals surface area contributed by atoms with Crippen molar-refractivity contribution in [3.8, 4) is 0 Å². The summed E-state index contributed by atoms with van der Waals surface area (Å²) in [4.78, 5) is 13.1. The molecular weight excluding hydrogens is 404 g/mol. The van der Waals surface area contributed by atoms with Crippen LogP contribution < -0.4 is 9.62 Å². The zero-order chi connectivity index (χ0) is 20.3. The number of nitrogens with one attached hydrogen (secondary N) is 1. The molecule has 7 heteroatoms. The van der Waals surface area contributed by atoms with Gasteiger partial charge in [-0.3, -0.25) is 9.10 Å². The summed E-state index contributed by atoms with van der Waals surface area (Å²) in [5.41, 5.74) is 2.45. The van der Waals surface area contributed by atoms with Crippen LogP contribution in [0.3, 0.4) is 0 Å². The van der Waals surface area contributed by atoms with Crippen LogP contribution in [0.1, 0.15) is 20.8 Å². The highest BCUT2D eigenvalue weighted by atomic mass is 32.2. The summed E-state index contributed by atoms with van der Waals surface area (Å²) in [6, 6.07) is 21.0. The van der Waals surface area contributed by atoms with Crippen molar-refractivity contribution in [2.75, 3.05) is 10.8 Å². The van der Waals surface area contributed by atoms with E-state index in [9.17, 15) is 13.2 Å². The fraction of sp³-hybridized carbons (Fsp3) is 0.136. The molecule has 0 saturated heterocycles. The number of Topliss-reactive ketones (excluding diaryl/α,β-unsaturated/α-hetero) is 1. The molecule has 3 aromatic rings. The number of ketones is 1. The van der Waals surface area contributed by atoms with E-state index in [2.05, 4.69) is 5.32 Å². The molecule has 0 fully saturated rings. The van der Waals surface area contributed by atoms with Crippen molar-refractivity contribution >= 4 is 32.8 Å². The summed E-state index contributed by atoms with van der Waals surface area (Å²) in [6.07, 6.45) is 2.08. The molecule has 1 aliphatic rings. The van der Waals surface area contributed by atoms with Gasteiger partial charge < -0.3 is 5.32 Å². The van der Waals surface area contributed by atoms with E-state index in [0.717, 1.165) is 17.5 Å². The monoisotopic (exact) mass is 424 g/mol. The Balaban J connectivity index is 1.59. The summed E-state index contributed by atoms with van der Waals surface area (Å²) in [6.45, 7) is 0.716. The number of rotatable bonds is 6. The Labute approximate surface area is 174 Å². The van der Waals surface area contributed by atoms with Crippen LogP contribution in [0.2, 0.25) is 0 Å². The lowest BCUT2D eigenvalue weighted by molar-refractivity contribution is 0.104. The number of thiophene rings is 1. The van der Waals surface area contributed by atoms with E-state index in [1.807, 2.05) is 60.7 Å². The second kappa shape index (κ2) is 8.23. The van der Waals surface area contributed by atoms with E-state index in [-0.39, 0.29) is 11.4 Å². The smallest absolute Gasteiger partial charge is 0.270 e. The van der Waals surface area contributed by atoms with Gasteiger partial charge >= 0.3 is 0 Å². The van der Waals surface area contributed by atoms with Crippen molar-refractivity contribution in [3.63, 3.8) is 0 Å². The second-order valence-electron chi connectivity index (χ2n) is 6.66. The van der Waals surface area contributed by atoms with Gasteiger partial charge in [0.2, 0.25) is 5.78 Å². The molecule has 0 amide bonds. The molecule has 1 aliphatic heterocycles. The van der Waals surface area contributed by atoms with E-state index in [0.29, 0.717) is 17.1 Å². The molecule has 1 aromatic heterocycles. The number of hydrogen-bond acceptors (Lipinski definition) is 5. The van der Waals surface area contributed by atoms with Gasteiger partial charge in [0.25, 0.3) is 10.0 Å². The molecule has 2 heterocycles. The minimum absolute atomic E-state index is 0.182. The molecular formula is C22H20N2O3S2. The van der Waals surface area contributed by atoms with Gasteiger partial charge in [0.15, 0.2) is 4.91 Å². The first kappa shape index (κ1) is 19.4. The van der Waals surface area contributed by atoms with Crippen LogP contribution in [-0.2, 0) is 23.0 Å². The van der Waals surface area contributed by atoms with Gasteiger partial charge in [-0.25, -0.2) is 8.42 Å². The third-order valence-corrected chi connectivity index (χ3v) is 7.38. The topological polar surface area (TPSA) is 66.5 Å². The van der Waals surface area contributed by atoms with Crippen LogP contribution in [0.4, 0.5) is 5.69 Å². The maximum absolute atomic E-state index is 13.3. The van der Waals surface area contributed by atoms with Crippen molar-refractivity contribution in [2.45, 2.75) is 13.0 Å². The summed E-state index contributed by atoms with van der Waals surface area (Å²) in [5.74, 6) is -0.452. The van der Waals surface area contributed by atoms with Crippen LogP contribution in [0.25, 0.3) is 0 Å². The molecule has 29 heavy (non-hydrogen) atoms. The maximum Gasteiger partial charge on any atom is 0.270 e. The fourth-order valence-electron chi connectivity index (χ4n) is 3.23. The third-order valence-electron chi connectivity index (χ3n) is 4.71. The number of hydrogen-bond donors (Lipinski definition) is 1. The summed E-state index contributed by atoms with van der Waals surface area (Å²) in [7, 11) is -3.95. The zero-order valence-corrected chi connectivity index (χ0v) is 17.2. The predicted octanol–water partition coefficient (Wildman–Crippen LogP) is 3.95. The van der Waals surface area contributed by atoms with Gasteiger partial charge in [-0.1, -0.05) is 60.7 Å². The largest absolute Gasteiger partial charge is 0.389 e. The molecule has 0 saturated carbocycles. The van der Waals surface area contributed by atoms with Gasteiger partial charge in [0, 0.05) is 12.7 Å². The van der Waals surface area contributed by atoms with Gasteiger partial charge in [-0.15, -0.1) is 11.3 Å². The van der Waals surface area contributed by atoms with E-state index < -0.39 is 15.8 Å². The third kappa shape index (κ3) is 3.97. The van der Waals surface area contributed by atoms with Gasteiger partial charge in [0.05, 0.1) is 12.2 Å². The van der Waals surface area contributed by atoms with E-state index >= 15 is 0 Å². The van der Waals surface area contributed by atoms with Gasteiger partial charge in [-0.2, -0.15) is 0 Å². The molecule has 1 N–H and O–H groups in total. The molecule has 148 valence electrons. The first-order chi connectivity index (χ1) is 14.1. The number of carbonyl (C=O) groups excluding carboxylic acids is 1. The SMILES string of the molecule is O=C1C(=CNCCc2ccccc2)S(=O)(=O)N(Cc2ccccc2)c2ccsc21. The van der Waals surface area contributed by atoms with Gasteiger partial charge in [0.1, 0.15) is 4.88 Å². The number of sulfonamides is 1. The Morgan fingerprint density at radius 3 is 2.28 bits per heavy atom. The van der Waals surface area contributed by atoms with Crippen molar-refractivity contribution in [2.24, 2.45) is 0 Å². The van der Waals surface area contributed by atoms with Crippen molar-refractivity contribution in [1.29, 1.82) is 0 Å². The van der Waals surface area contributed by atoms with Crippen LogP contribution >= 0.6 is 11.3 Å². The normalized spacial score (nSPS) is 16.6. The van der Waals surface area contributed by atoms with E-state index in [1.54, 1.807) is 11.4 Å². The Morgan fingerprint density at radius 1 is 0.931 bits per heavy atom. The average Bonchev–Trinajstić information content (AvgIpc) is 3.22. The Hall–Kier alpha value is -2.90. The standard InChI is InChI=1S/C22H20N2O3S2/c25-21-20(15-23-13-11-17-7-3-1-4-8-17)29(26,27)24(19-12-14-28-22(19)21)16-18-9-5-2-6-10-18/h1-10,12,14-15,23H,11,13,16H2. The first-order valence-corrected chi connectivity index (χ1v) is 11.6. The lowest BCUT2D eigenvalue weighted by Crippen LogP contribution is -2.38. The molecule has 4 rings (SSSR count). The Bertz CT molecular complexity index is 1140. The lowest BCUT2D eigenvalue weighted by Gasteiger charge is -2.29. The van der Waals surface area contributed by atoms with Gasteiger partial charge in [-0.05, 0) is 29.0 Å². The molecule has 5 nitrogen and oxygen atoms in total. The Morgan fingerprint density at radius 2 is 1.59 bits per heavy atom. The summed E-state index contributed by atoms with van der Waals surface area (Å²) >= 11 is 1.26. The number of benzene rings is 2. The highest BCUT2D eigenvalue weighted by Crippen LogP contribution is 2.39. The minimum atomic E-state index is -3.95. The minimum Gasteiger partial charge on any atom is -0.389 e. The van der Waals surface area contributed by atoms with E-state index in [4.69, 9.17) is 0 Å². The van der Waals surface area contributed by atoms with Crippen LogP contribution in [0.5, 0.6) is 0 Å². The molecule has 2 aromatic carbocycles. The highest BCUT2D eigenvalue weighted by Gasteiger charge is 2.41. The zero-order valence-electron chi connectivity index (χ0n) is 15.6. The molecule has 0 radical (unpaired) electrons. The number of fused-ring (bicyclic) bond motifs is 1. The molecule has 0 aliphatic carbocycles. The lowest BCUT2D eigenvalue weighted by atomic mass is 10.1. The second-order valence-corrected chi connectivity index (χ2v) is 9.41. The van der Waals surface area contributed by atoms with Crippen LogP contribution in [-0.4, -0.2) is 20.7 Å². The molecule has 0 atom stereocenters. The number of carbonyl (C=O) groups is 1. The quantitative estimate of drug-likeness (QED) is 0.481. The van der Waals surface area contributed by atoms with Crippen molar-refractivity contribution < 1.29 is 13.2 Å². The maximum atomic E-state index is 13.3.